The first-order valence-corrected chi connectivity index (χ1v) is 5.12. The van der Waals surface area contributed by atoms with Crippen LogP contribution in [0.4, 0.5) is 0 Å². The highest BCUT2D eigenvalue weighted by Gasteiger charge is 2.13. The van der Waals surface area contributed by atoms with Crippen molar-refractivity contribution in [3.63, 3.8) is 0 Å². The lowest BCUT2D eigenvalue weighted by molar-refractivity contribution is -0.104. The summed E-state index contributed by atoms with van der Waals surface area (Å²) >= 11 is 3.93. The summed E-state index contributed by atoms with van der Waals surface area (Å²) in [6, 6.07) is 0. The maximum Gasteiger partial charge on any atom is 0.156 e. The summed E-state index contributed by atoms with van der Waals surface area (Å²) in [6.07, 6.45) is 7.56. The van der Waals surface area contributed by atoms with Crippen molar-refractivity contribution in [2.75, 3.05) is 13.1 Å². The van der Waals surface area contributed by atoms with Crippen LogP contribution in [0, 0.1) is 0 Å². The molecule has 78 valence electrons. The molecule has 0 saturated carbocycles. The Bertz CT molecular complexity index is 243. The zero-order valence-corrected chi connectivity index (χ0v) is 8.86. The largest absolute Gasteiger partial charge is 0.393 e. The minimum atomic E-state index is -0.148. The molecule has 14 heavy (non-hydrogen) atoms. The van der Waals surface area contributed by atoms with Crippen LogP contribution in [0.3, 0.4) is 0 Å². The summed E-state index contributed by atoms with van der Waals surface area (Å²) in [5.41, 5.74) is 0. The zero-order valence-electron chi connectivity index (χ0n) is 7.97. The molecule has 0 amide bonds. The van der Waals surface area contributed by atoms with Gasteiger partial charge in [0.15, 0.2) is 6.29 Å². The first-order chi connectivity index (χ1) is 6.72. The van der Waals surface area contributed by atoms with Gasteiger partial charge >= 0.3 is 0 Å². The van der Waals surface area contributed by atoms with E-state index in [2.05, 4.69) is 17.5 Å². The van der Waals surface area contributed by atoms with Gasteiger partial charge in [0.2, 0.25) is 0 Å². The molecule has 1 rings (SSSR count). The van der Waals surface area contributed by atoms with Crippen LogP contribution in [0.25, 0.3) is 0 Å². The number of aliphatic hydroxyl groups excluding tert-OH is 1. The van der Waals surface area contributed by atoms with Gasteiger partial charge in [-0.1, -0.05) is 0 Å². The fourth-order valence-corrected chi connectivity index (χ4v) is 1.42. The third kappa shape index (κ3) is 3.98. The number of aldehydes is 1. The Morgan fingerprint density at radius 3 is 2.64 bits per heavy atom. The van der Waals surface area contributed by atoms with Crippen molar-refractivity contribution in [1.82, 2.24) is 4.90 Å². The smallest absolute Gasteiger partial charge is 0.156 e. The van der Waals surface area contributed by atoms with Gasteiger partial charge < -0.3 is 10.0 Å². The summed E-state index contributed by atoms with van der Waals surface area (Å²) in [7, 11) is 0. The van der Waals surface area contributed by atoms with Gasteiger partial charge in [-0.25, -0.2) is 0 Å². The molecular formula is C10H15NO2S. The zero-order chi connectivity index (χ0) is 10.4. The molecule has 0 aliphatic carbocycles. The lowest BCUT2D eigenvalue weighted by Gasteiger charge is -2.28. The van der Waals surface area contributed by atoms with E-state index in [-0.39, 0.29) is 6.10 Å². The van der Waals surface area contributed by atoms with E-state index in [1.165, 1.54) is 0 Å². The molecule has 1 saturated heterocycles. The Hall–Kier alpha value is -0.740. The SMILES string of the molecule is O=C/C(S)=C/C=C/N1CCC(O)CC1. The number of nitrogens with zero attached hydrogens (tertiary/aromatic N) is 1. The van der Waals surface area contributed by atoms with Crippen LogP contribution in [0.5, 0.6) is 0 Å². The van der Waals surface area contributed by atoms with Gasteiger partial charge in [-0.15, -0.1) is 12.6 Å². The van der Waals surface area contributed by atoms with Crippen LogP contribution in [0.1, 0.15) is 12.8 Å². The highest BCUT2D eigenvalue weighted by atomic mass is 32.1. The van der Waals surface area contributed by atoms with Gasteiger partial charge in [-0.3, -0.25) is 4.79 Å². The first-order valence-electron chi connectivity index (χ1n) is 4.67. The average molecular weight is 213 g/mol. The number of allylic oxidation sites excluding steroid dienone is 3. The molecule has 0 aromatic carbocycles. The van der Waals surface area contributed by atoms with Crippen LogP contribution >= 0.6 is 12.6 Å². The fourth-order valence-electron chi connectivity index (χ4n) is 1.34. The topological polar surface area (TPSA) is 40.5 Å². The maximum atomic E-state index is 10.2. The van der Waals surface area contributed by atoms with Crippen molar-refractivity contribution in [1.29, 1.82) is 0 Å². The molecule has 0 atom stereocenters. The molecule has 0 aromatic heterocycles. The number of carbonyl (C=O) groups is 1. The minimum absolute atomic E-state index is 0.148. The van der Waals surface area contributed by atoms with E-state index in [0.29, 0.717) is 11.2 Å². The third-order valence-electron chi connectivity index (χ3n) is 2.18. The Morgan fingerprint density at radius 1 is 1.43 bits per heavy atom. The van der Waals surface area contributed by atoms with Gasteiger partial charge in [0, 0.05) is 18.0 Å². The van der Waals surface area contributed by atoms with E-state index in [1.54, 1.807) is 12.2 Å². The van der Waals surface area contributed by atoms with Crippen molar-refractivity contribution < 1.29 is 9.90 Å². The van der Waals surface area contributed by atoms with Gasteiger partial charge in [0.05, 0.1) is 6.10 Å². The van der Waals surface area contributed by atoms with E-state index in [1.807, 2.05) is 6.20 Å². The maximum absolute atomic E-state index is 10.2. The molecule has 4 heteroatoms. The van der Waals surface area contributed by atoms with Crippen LogP contribution < -0.4 is 0 Å². The van der Waals surface area contributed by atoms with Gasteiger partial charge in [0.1, 0.15) is 0 Å². The molecule has 0 radical (unpaired) electrons. The molecule has 1 aliphatic heterocycles. The minimum Gasteiger partial charge on any atom is -0.393 e. The van der Waals surface area contributed by atoms with Crippen LogP contribution in [-0.2, 0) is 4.79 Å². The number of thiol groups is 1. The van der Waals surface area contributed by atoms with Crippen molar-refractivity contribution in [3.05, 3.63) is 23.3 Å². The molecule has 1 fully saturated rings. The number of likely N-dealkylation sites (tertiary alicyclic amines) is 1. The lowest BCUT2D eigenvalue weighted by Crippen LogP contribution is -2.31. The van der Waals surface area contributed by atoms with Crippen LogP contribution in [-0.4, -0.2) is 35.5 Å². The number of rotatable bonds is 3. The van der Waals surface area contributed by atoms with E-state index in [4.69, 9.17) is 0 Å². The summed E-state index contributed by atoms with van der Waals surface area (Å²) in [5.74, 6) is 0. The molecular weight excluding hydrogens is 198 g/mol. The standard InChI is InChI=1S/C10H15NO2S/c12-8-10(14)2-1-5-11-6-3-9(13)4-7-11/h1-2,5,8-9,13-14H,3-4,6-7H2/b5-1+,10-2-. The highest BCUT2D eigenvalue weighted by molar-refractivity contribution is 7.85. The van der Waals surface area contributed by atoms with E-state index >= 15 is 0 Å². The second-order valence-corrected chi connectivity index (χ2v) is 3.83. The highest BCUT2D eigenvalue weighted by Crippen LogP contribution is 2.10. The van der Waals surface area contributed by atoms with E-state index in [0.717, 1.165) is 25.9 Å². The Balaban J connectivity index is 2.34. The number of hydrogen-bond acceptors (Lipinski definition) is 4. The van der Waals surface area contributed by atoms with Crippen LogP contribution in [0.2, 0.25) is 0 Å². The Kier molecular flexibility index (Phi) is 4.76. The second-order valence-electron chi connectivity index (χ2n) is 3.32. The summed E-state index contributed by atoms with van der Waals surface area (Å²) in [4.78, 5) is 12.7. The lowest BCUT2D eigenvalue weighted by atomic mass is 10.1. The third-order valence-corrected chi connectivity index (χ3v) is 2.44. The number of carbonyl (C=O) groups excluding carboxylic acids is 1. The van der Waals surface area contributed by atoms with Crippen LogP contribution in [0.15, 0.2) is 23.3 Å². The molecule has 1 N–H and O–H groups in total. The summed E-state index contributed by atoms with van der Waals surface area (Å²) in [6.45, 7) is 1.74. The molecule has 1 heterocycles. The second kappa shape index (κ2) is 5.88. The predicted octanol–water partition coefficient (Wildman–Crippen LogP) is 0.969. The number of hydrogen-bond donors (Lipinski definition) is 2. The van der Waals surface area contributed by atoms with Crippen molar-refractivity contribution in [2.45, 2.75) is 18.9 Å². The van der Waals surface area contributed by atoms with Gasteiger partial charge in [0.25, 0.3) is 0 Å². The van der Waals surface area contributed by atoms with E-state index in [9.17, 15) is 9.90 Å². The molecule has 0 bridgehead atoms. The molecule has 0 unspecified atom stereocenters. The quantitative estimate of drug-likeness (QED) is 0.318. The predicted molar refractivity (Wildman–Crippen MR) is 59.1 cm³/mol. The molecule has 1 aliphatic rings. The summed E-state index contributed by atoms with van der Waals surface area (Å²) in [5, 5.41) is 9.26. The van der Waals surface area contributed by atoms with Gasteiger partial charge in [-0.05, 0) is 31.2 Å². The van der Waals surface area contributed by atoms with Crippen molar-refractivity contribution in [2.24, 2.45) is 0 Å². The fraction of sp³-hybridized carbons (Fsp3) is 0.500. The average Bonchev–Trinajstić information content (AvgIpc) is 2.21. The first kappa shape index (κ1) is 11.3. The normalized spacial score (nSPS) is 20.4. The van der Waals surface area contributed by atoms with Crippen molar-refractivity contribution >= 4 is 18.9 Å². The number of piperidine rings is 1. The monoisotopic (exact) mass is 213 g/mol. The van der Waals surface area contributed by atoms with E-state index < -0.39 is 0 Å². The summed E-state index contributed by atoms with van der Waals surface area (Å²) < 4.78 is 0. The Labute approximate surface area is 89.5 Å². The molecule has 3 nitrogen and oxygen atoms in total. The Morgan fingerprint density at radius 2 is 2.07 bits per heavy atom. The van der Waals surface area contributed by atoms with Crippen molar-refractivity contribution in [3.8, 4) is 0 Å². The molecule has 0 spiro atoms. The molecule has 0 aromatic rings. The number of aliphatic hydroxyl groups is 1. The van der Waals surface area contributed by atoms with Gasteiger partial charge in [-0.2, -0.15) is 0 Å².